The molecule has 4 heteroatoms. The molecule has 0 spiro atoms. The van der Waals surface area contributed by atoms with E-state index in [4.69, 9.17) is 16.3 Å². The summed E-state index contributed by atoms with van der Waals surface area (Å²) in [6.07, 6.45) is 8.61. The second-order valence-corrected chi connectivity index (χ2v) is 5.76. The first kappa shape index (κ1) is 13.7. The van der Waals surface area contributed by atoms with Crippen molar-refractivity contribution in [3.63, 3.8) is 0 Å². The minimum Gasteiger partial charge on any atom is -0.378 e. The highest BCUT2D eigenvalue weighted by Gasteiger charge is 2.18. The average Bonchev–Trinajstić information content (AvgIpc) is 3.17. The van der Waals surface area contributed by atoms with Crippen LogP contribution in [-0.4, -0.2) is 22.5 Å². The second-order valence-electron chi connectivity index (χ2n) is 5.23. The molecule has 2 unspecified atom stereocenters. The molecule has 2 aromatic rings. The molecule has 0 amide bonds. The van der Waals surface area contributed by atoms with Gasteiger partial charge in [0.1, 0.15) is 0 Å². The number of rotatable bonds is 5. The quantitative estimate of drug-likeness (QED) is 0.775. The molecule has 1 aliphatic rings. The van der Waals surface area contributed by atoms with Crippen LogP contribution in [0.4, 0.5) is 0 Å². The van der Waals surface area contributed by atoms with Crippen molar-refractivity contribution in [2.45, 2.75) is 37.2 Å². The summed E-state index contributed by atoms with van der Waals surface area (Å²) in [4.78, 5) is 0. The van der Waals surface area contributed by atoms with Crippen LogP contribution in [0.2, 0.25) is 0 Å². The lowest BCUT2D eigenvalue weighted by molar-refractivity contribution is 0.102. The number of aromatic nitrogens is 2. The Kier molecular flexibility index (Phi) is 4.38. The molecule has 2 atom stereocenters. The first-order valence-electron chi connectivity index (χ1n) is 7.18. The van der Waals surface area contributed by atoms with E-state index in [1.807, 2.05) is 47.4 Å². The highest BCUT2D eigenvalue weighted by atomic mass is 35.5. The normalized spacial score (nSPS) is 20.1. The smallest absolute Gasteiger partial charge is 0.0645 e. The summed E-state index contributed by atoms with van der Waals surface area (Å²) in [6.45, 7) is 0.906. The van der Waals surface area contributed by atoms with Gasteiger partial charge < -0.3 is 4.74 Å². The number of para-hydroxylation sites is 1. The SMILES string of the molecule is ClC(CCC1CCCO1)c1cnn(-c2ccccc2)c1. The van der Waals surface area contributed by atoms with Crippen molar-refractivity contribution in [2.24, 2.45) is 0 Å². The molecule has 3 nitrogen and oxygen atoms in total. The molecule has 0 aliphatic carbocycles. The predicted octanol–water partition coefficient (Wildman–Crippen LogP) is 4.11. The summed E-state index contributed by atoms with van der Waals surface area (Å²) in [6, 6.07) is 10.1. The zero-order valence-corrected chi connectivity index (χ0v) is 12.2. The summed E-state index contributed by atoms with van der Waals surface area (Å²) in [5.41, 5.74) is 2.13. The lowest BCUT2D eigenvalue weighted by atomic mass is 10.1. The van der Waals surface area contributed by atoms with Crippen LogP contribution < -0.4 is 0 Å². The third-order valence-electron chi connectivity index (χ3n) is 3.75. The Labute approximate surface area is 124 Å². The van der Waals surface area contributed by atoms with Crippen molar-refractivity contribution in [1.82, 2.24) is 9.78 Å². The van der Waals surface area contributed by atoms with Crippen LogP contribution in [0, 0.1) is 0 Å². The van der Waals surface area contributed by atoms with E-state index < -0.39 is 0 Å². The largest absolute Gasteiger partial charge is 0.378 e. The number of hydrogen-bond acceptors (Lipinski definition) is 2. The zero-order chi connectivity index (χ0) is 13.8. The van der Waals surface area contributed by atoms with E-state index in [1.165, 1.54) is 12.8 Å². The molecule has 0 saturated carbocycles. The van der Waals surface area contributed by atoms with E-state index in [9.17, 15) is 0 Å². The van der Waals surface area contributed by atoms with Crippen LogP contribution in [0.1, 0.15) is 36.6 Å². The molecule has 1 saturated heterocycles. The van der Waals surface area contributed by atoms with Gasteiger partial charge in [-0.15, -0.1) is 11.6 Å². The summed E-state index contributed by atoms with van der Waals surface area (Å²) in [5, 5.41) is 4.40. The predicted molar refractivity (Wildman–Crippen MR) is 80.4 cm³/mol. The molecule has 20 heavy (non-hydrogen) atoms. The third-order valence-corrected chi connectivity index (χ3v) is 4.22. The van der Waals surface area contributed by atoms with Gasteiger partial charge in [-0.1, -0.05) is 18.2 Å². The average molecular weight is 291 g/mol. The van der Waals surface area contributed by atoms with E-state index in [0.29, 0.717) is 6.10 Å². The number of hydrogen-bond donors (Lipinski definition) is 0. The van der Waals surface area contributed by atoms with E-state index >= 15 is 0 Å². The van der Waals surface area contributed by atoms with Crippen molar-refractivity contribution in [3.8, 4) is 5.69 Å². The van der Waals surface area contributed by atoms with Crippen LogP contribution in [0.3, 0.4) is 0 Å². The van der Waals surface area contributed by atoms with Gasteiger partial charge in [-0.3, -0.25) is 0 Å². The van der Waals surface area contributed by atoms with Crippen LogP contribution in [0.5, 0.6) is 0 Å². The molecule has 1 aromatic carbocycles. The standard InChI is InChI=1S/C16H19ClN2O/c17-16(9-8-15-7-4-10-20-15)13-11-18-19(12-13)14-5-2-1-3-6-14/h1-3,5-6,11-12,15-16H,4,7-10H2. The van der Waals surface area contributed by atoms with Crippen molar-refractivity contribution < 1.29 is 4.74 Å². The van der Waals surface area contributed by atoms with Gasteiger partial charge in [-0.25, -0.2) is 4.68 Å². The second kappa shape index (κ2) is 6.42. The number of halogens is 1. The molecule has 2 heterocycles. The number of benzene rings is 1. The molecule has 0 radical (unpaired) electrons. The molecule has 0 N–H and O–H groups in total. The summed E-state index contributed by atoms with van der Waals surface area (Å²) >= 11 is 6.48. The lowest BCUT2D eigenvalue weighted by Gasteiger charge is -2.11. The van der Waals surface area contributed by atoms with Gasteiger partial charge in [0.2, 0.25) is 0 Å². The fourth-order valence-electron chi connectivity index (χ4n) is 2.59. The van der Waals surface area contributed by atoms with Crippen LogP contribution in [0.15, 0.2) is 42.7 Å². The fourth-order valence-corrected chi connectivity index (χ4v) is 2.83. The summed E-state index contributed by atoms with van der Waals surface area (Å²) < 4.78 is 7.51. The highest BCUT2D eigenvalue weighted by Crippen LogP contribution is 2.29. The summed E-state index contributed by atoms with van der Waals surface area (Å²) in [7, 11) is 0. The summed E-state index contributed by atoms with van der Waals surface area (Å²) in [5.74, 6) is 0. The molecule has 1 aromatic heterocycles. The van der Waals surface area contributed by atoms with Crippen molar-refractivity contribution in [2.75, 3.05) is 6.61 Å². The van der Waals surface area contributed by atoms with Gasteiger partial charge in [0.25, 0.3) is 0 Å². The number of nitrogens with zero attached hydrogens (tertiary/aromatic N) is 2. The third kappa shape index (κ3) is 3.22. The molecule has 3 rings (SSSR count). The number of ether oxygens (including phenoxy) is 1. The molecule has 106 valence electrons. The fraction of sp³-hybridized carbons (Fsp3) is 0.438. The van der Waals surface area contributed by atoms with Gasteiger partial charge in [0, 0.05) is 18.4 Å². The van der Waals surface area contributed by atoms with Crippen LogP contribution in [-0.2, 0) is 4.74 Å². The minimum absolute atomic E-state index is 0.0108. The Morgan fingerprint density at radius 3 is 2.95 bits per heavy atom. The Hall–Kier alpha value is -1.32. The molecule has 1 fully saturated rings. The van der Waals surface area contributed by atoms with Crippen molar-refractivity contribution in [1.29, 1.82) is 0 Å². The van der Waals surface area contributed by atoms with Crippen LogP contribution in [0.25, 0.3) is 5.69 Å². The Bertz CT molecular complexity index is 534. The van der Waals surface area contributed by atoms with E-state index in [0.717, 1.165) is 30.7 Å². The van der Waals surface area contributed by atoms with Gasteiger partial charge in [-0.2, -0.15) is 5.10 Å². The molecule has 1 aliphatic heterocycles. The monoisotopic (exact) mass is 290 g/mol. The Morgan fingerprint density at radius 1 is 1.35 bits per heavy atom. The Balaban J connectivity index is 1.61. The Morgan fingerprint density at radius 2 is 2.20 bits per heavy atom. The topological polar surface area (TPSA) is 27.1 Å². The zero-order valence-electron chi connectivity index (χ0n) is 11.4. The van der Waals surface area contributed by atoms with Gasteiger partial charge in [0.15, 0.2) is 0 Å². The number of alkyl halides is 1. The first-order valence-corrected chi connectivity index (χ1v) is 7.62. The maximum absolute atomic E-state index is 6.48. The maximum atomic E-state index is 6.48. The van der Waals surface area contributed by atoms with Crippen molar-refractivity contribution in [3.05, 3.63) is 48.3 Å². The van der Waals surface area contributed by atoms with Gasteiger partial charge in [-0.05, 0) is 37.8 Å². The van der Waals surface area contributed by atoms with Crippen LogP contribution >= 0.6 is 11.6 Å². The van der Waals surface area contributed by atoms with Crippen molar-refractivity contribution >= 4 is 11.6 Å². The molecular weight excluding hydrogens is 272 g/mol. The van der Waals surface area contributed by atoms with E-state index in [2.05, 4.69) is 5.10 Å². The lowest BCUT2D eigenvalue weighted by Crippen LogP contribution is -2.05. The minimum atomic E-state index is 0.0108. The molecular formula is C16H19ClN2O. The van der Waals surface area contributed by atoms with E-state index in [1.54, 1.807) is 0 Å². The maximum Gasteiger partial charge on any atom is 0.0645 e. The van der Waals surface area contributed by atoms with Gasteiger partial charge in [0.05, 0.1) is 23.4 Å². The molecule has 0 bridgehead atoms. The van der Waals surface area contributed by atoms with E-state index in [-0.39, 0.29) is 5.38 Å². The highest BCUT2D eigenvalue weighted by molar-refractivity contribution is 6.20. The van der Waals surface area contributed by atoms with Gasteiger partial charge >= 0.3 is 0 Å². The first-order chi connectivity index (χ1) is 9.83.